The maximum absolute atomic E-state index is 12.3. The predicted molar refractivity (Wildman–Crippen MR) is 93.9 cm³/mol. The lowest BCUT2D eigenvalue weighted by molar-refractivity contribution is -0.116. The minimum Gasteiger partial charge on any atom is -0.356 e. The number of amides is 3. The Morgan fingerprint density at radius 2 is 1.69 bits per heavy atom. The maximum atomic E-state index is 12.3. The van der Waals surface area contributed by atoms with Crippen molar-refractivity contribution in [1.29, 1.82) is 0 Å². The van der Waals surface area contributed by atoms with E-state index in [4.69, 9.17) is 0 Å². The predicted octanol–water partition coefficient (Wildman–Crippen LogP) is 1.31. The average molecular weight is 351 g/mol. The summed E-state index contributed by atoms with van der Waals surface area (Å²) in [7, 11) is 0. The number of imide groups is 1. The minimum atomic E-state index is -0.481. The third kappa shape index (κ3) is 2.90. The summed E-state index contributed by atoms with van der Waals surface area (Å²) in [6, 6.07) is 8.24. The molecule has 1 fully saturated rings. The molecule has 0 bridgehead atoms. The largest absolute Gasteiger partial charge is 0.356 e. The van der Waals surface area contributed by atoms with Gasteiger partial charge >= 0.3 is 0 Å². The Bertz CT molecular complexity index is 857. The smallest absolute Gasteiger partial charge is 0.262 e. The first kappa shape index (κ1) is 16.2. The van der Waals surface area contributed by atoms with Gasteiger partial charge in [0.2, 0.25) is 5.91 Å². The summed E-state index contributed by atoms with van der Waals surface area (Å²) in [5, 5.41) is 2.64. The molecule has 1 saturated heterocycles. The molecular formula is C18H17N5O3. The molecule has 2 aliphatic rings. The molecule has 2 aliphatic heterocycles. The average Bonchev–Trinajstić information content (AvgIpc) is 3.26. The highest BCUT2D eigenvalue weighted by molar-refractivity contribution is 6.22. The summed E-state index contributed by atoms with van der Waals surface area (Å²) < 4.78 is 0. The Morgan fingerprint density at radius 1 is 1.04 bits per heavy atom. The molecule has 0 unspecified atom stereocenters. The summed E-state index contributed by atoms with van der Waals surface area (Å²) in [6.45, 7) is 1.51. The van der Waals surface area contributed by atoms with Crippen molar-refractivity contribution in [3.63, 3.8) is 0 Å². The van der Waals surface area contributed by atoms with Crippen LogP contribution in [0.1, 0.15) is 33.6 Å². The first-order valence-electron chi connectivity index (χ1n) is 8.45. The molecule has 3 heterocycles. The van der Waals surface area contributed by atoms with Crippen molar-refractivity contribution in [1.82, 2.24) is 14.9 Å². The van der Waals surface area contributed by atoms with Gasteiger partial charge in [-0.15, -0.1) is 0 Å². The van der Waals surface area contributed by atoms with Crippen molar-refractivity contribution in [2.45, 2.75) is 12.8 Å². The second-order valence-corrected chi connectivity index (χ2v) is 6.25. The summed E-state index contributed by atoms with van der Waals surface area (Å²) in [5.74, 6) is -0.287. The van der Waals surface area contributed by atoms with E-state index in [0.717, 1.165) is 36.6 Å². The van der Waals surface area contributed by atoms with Crippen LogP contribution in [0, 0.1) is 0 Å². The van der Waals surface area contributed by atoms with Gasteiger partial charge in [-0.3, -0.25) is 19.3 Å². The molecule has 8 heteroatoms. The molecule has 4 rings (SSSR count). The highest BCUT2D eigenvalue weighted by Gasteiger charge is 2.36. The number of nitrogens with zero attached hydrogens (tertiary/aromatic N) is 4. The van der Waals surface area contributed by atoms with Gasteiger partial charge in [-0.25, -0.2) is 9.97 Å². The third-order valence-electron chi connectivity index (χ3n) is 4.53. The number of fused-ring (bicyclic) bond motifs is 1. The fourth-order valence-electron chi connectivity index (χ4n) is 3.24. The van der Waals surface area contributed by atoms with Crippen molar-refractivity contribution < 1.29 is 14.4 Å². The van der Waals surface area contributed by atoms with E-state index in [0.29, 0.717) is 16.9 Å². The van der Waals surface area contributed by atoms with Crippen LogP contribution >= 0.6 is 0 Å². The van der Waals surface area contributed by atoms with E-state index in [1.54, 1.807) is 30.3 Å². The zero-order valence-electron chi connectivity index (χ0n) is 14.0. The first-order valence-corrected chi connectivity index (χ1v) is 8.45. The summed E-state index contributed by atoms with van der Waals surface area (Å²) in [6.07, 6.45) is 3.63. The fraction of sp³-hybridized carbons (Fsp3) is 0.278. The second kappa shape index (κ2) is 6.55. The highest BCUT2D eigenvalue weighted by atomic mass is 16.2. The van der Waals surface area contributed by atoms with E-state index in [1.165, 1.54) is 6.33 Å². The summed E-state index contributed by atoms with van der Waals surface area (Å²) in [4.78, 5) is 48.3. The SMILES string of the molecule is O=C(CN1C(=O)c2ccccc2C1=O)Nc1cc(N2CCCC2)ncn1. The quantitative estimate of drug-likeness (QED) is 0.835. The number of benzene rings is 1. The number of aromatic nitrogens is 2. The molecule has 0 saturated carbocycles. The molecule has 2 aromatic rings. The van der Waals surface area contributed by atoms with Gasteiger partial charge < -0.3 is 10.2 Å². The summed E-state index contributed by atoms with van der Waals surface area (Å²) in [5.41, 5.74) is 0.646. The lowest BCUT2D eigenvalue weighted by atomic mass is 10.1. The standard InChI is InChI=1S/C18H17N5O3/c24-16(10-23-17(25)12-5-1-2-6-13(12)18(23)26)21-14-9-15(20-11-19-14)22-7-3-4-8-22/h1-2,5-6,9,11H,3-4,7-8,10H2,(H,19,20,21,24). The monoisotopic (exact) mass is 351 g/mol. The minimum absolute atomic E-state index is 0.323. The Balaban J connectivity index is 1.44. The molecular weight excluding hydrogens is 334 g/mol. The van der Waals surface area contributed by atoms with Crippen molar-refractivity contribution >= 4 is 29.4 Å². The van der Waals surface area contributed by atoms with Gasteiger partial charge in [-0.1, -0.05) is 12.1 Å². The molecule has 26 heavy (non-hydrogen) atoms. The van der Waals surface area contributed by atoms with Crippen molar-refractivity contribution in [3.05, 3.63) is 47.8 Å². The van der Waals surface area contributed by atoms with Gasteiger partial charge in [0.15, 0.2) is 0 Å². The maximum Gasteiger partial charge on any atom is 0.262 e. The fourth-order valence-corrected chi connectivity index (χ4v) is 3.24. The lowest BCUT2D eigenvalue weighted by Gasteiger charge is -2.17. The van der Waals surface area contributed by atoms with E-state index in [-0.39, 0.29) is 6.54 Å². The van der Waals surface area contributed by atoms with Crippen LogP contribution in [0.2, 0.25) is 0 Å². The Labute approximate surface area is 149 Å². The van der Waals surface area contributed by atoms with Gasteiger partial charge in [0, 0.05) is 19.2 Å². The van der Waals surface area contributed by atoms with E-state index in [1.807, 2.05) is 0 Å². The zero-order valence-corrected chi connectivity index (χ0v) is 14.0. The van der Waals surface area contributed by atoms with Crippen LogP contribution in [-0.4, -0.2) is 52.2 Å². The normalized spacial score (nSPS) is 16.2. The number of carbonyl (C=O) groups excluding carboxylic acids is 3. The number of hydrogen-bond acceptors (Lipinski definition) is 6. The molecule has 0 aliphatic carbocycles. The topological polar surface area (TPSA) is 95.5 Å². The van der Waals surface area contributed by atoms with Crippen LogP contribution in [0.25, 0.3) is 0 Å². The van der Waals surface area contributed by atoms with Gasteiger partial charge in [0.05, 0.1) is 11.1 Å². The second-order valence-electron chi connectivity index (χ2n) is 6.25. The molecule has 0 atom stereocenters. The summed E-state index contributed by atoms with van der Waals surface area (Å²) >= 11 is 0. The van der Waals surface area contributed by atoms with Crippen molar-refractivity contribution in [3.8, 4) is 0 Å². The van der Waals surface area contributed by atoms with E-state index < -0.39 is 17.7 Å². The van der Waals surface area contributed by atoms with E-state index in [2.05, 4.69) is 20.2 Å². The van der Waals surface area contributed by atoms with E-state index >= 15 is 0 Å². The molecule has 8 nitrogen and oxygen atoms in total. The Hall–Kier alpha value is -3.29. The molecule has 3 amide bonds. The van der Waals surface area contributed by atoms with Crippen molar-refractivity contribution in [2.75, 3.05) is 29.9 Å². The number of carbonyl (C=O) groups is 3. The van der Waals surface area contributed by atoms with Crippen molar-refractivity contribution in [2.24, 2.45) is 0 Å². The van der Waals surface area contributed by atoms with Crippen LogP contribution in [0.5, 0.6) is 0 Å². The van der Waals surface area contributed by atoms with Crippen LogP contribution in [0.15, 0.2) is 36.7 Å². The lowest BCUT2D eigenvalue weighted by Crippen LogP contribution is -2.37. The van der Waals surface area contributed by atoms with Gasteiger partial charge in [-0.05, 0) is 25.0 Å². The van der Waals surface area contributed by atoms with E-state index in [9.17, 15) is 14.4 Å². The zero-order chi connectivity index (χ0) is 18.1. The molecule has 0 radical (unpaired) electrons. The van der Waals surface area contributed by atoms with Gasteiger partial charge in [-0.2, -0.15) is 0 Å². The van der Waals surface area contributed by atoms with Crippen LogP contribution in [0.3, 0.4) is 0 Å². The van der Waals surface area contributed by atoms with Crippen LogP contribution in [-0.2, 0) is 4.79 Å². The first-order chi connectivity index (χ1) is 12.6. The molecule has 0 spiro atoms. The molecule has 132 valence electrons. The van der Waals surface area contributed by atoms with Crippen LogP contribution in [0.4, 0.5) is 11.6 Å². The highest BCUT2D eigenvalue weighted by Crippen LogP contribution is 2.22. The van der Waals surface area contributed by atoms with Gasteiger partial charge in [0.1, 0.15) is 24.5 Å². The third-order valence-corrected chi connectivity index (χ3v) is 4.53. The number of anilines is 2. The number of nitrogens with one attached hydrogen (secondary N) is 1. The Morgan fingerprint density at radius 3 is 2.35 bits per heavy atom. The Kier molecular flexibility index (Phi) is 4.08. The number of hydrogen-bond donors (Lipinski definition) is 1. The molecule has 1 aromatic heterocycles. The number of rotatable bonds is 4. The van der Waals surface area contributed by atoms with Crippen LogP contribution < -0.4 is 10.2 Å². The molecule has 1 N–H and O–H groups in total. The van der Waals surface area contributed by atoms with Gasteiger partial charge in [0.25, 0.3) is 11.8 Å². The molecule has 1 aromatic carbocycles.